The Hall–Kier alpha value is -2.80. The summed E-state index contributed by atoms with van der Waals surface area (Å²) in [6.45, 7) is 0.278. The van der Waals surface area contributed by atoms with Gasteiger partial charge in [0.15, 0.2) is 0 Å². The zero-order valence-electron chi connectivity index (χ0n) is 16.6. The third-order valence-electron chi connectivity index (χ3n) is 4.73. The van der Waals surface area contributed by atoms with E-state index in [2.05, 4.69) is 0 Å². The molecule has 0 atom stereocenters. The highest BCUT2D eigenvalue weighted by Gasteiger charge is 2.35. The van der Waals surface area contributed by atoms with Crippen LogP contribution in [-0.2, 0) is 17.9 Å². The summed E-state index contributed by atoms with van der Waals surface area (Å²) in [4.78, 5) is 26.7. The van der Waals surface area contributed by atoms with E-state index in [4.69, 9.17) is 27.9 Å². The molecule has 0 N–H and O–H groups in total. The van der Waals surface area contributed by atoms with E-state index in [0.717, 1.165) is 22.2 Å². The molecule has 0 radical (unpaired) electrons. The Morgan fingerprint density at radius 2 is 1.66 bits per heavy atom. The van der Waals surface area contributed by atoms with Gasteiger partial charge in [-0.15, -0.1) is 0 Å². The minimum absolute atomic E-state index is 0.00132. The van der Waals surface area contributed by atoms with Crippen molar-refractivity contribution in [3.8, 4) is 5.75 Å². The standard InChI is InChI=1S/C24H16Cl2FNO3S/c25-20-5-2-6-21(26)19(20)13-28-23(29)22(32-24(28)30)12-16-3-1-4-18(11-16)31-14-15-7-9-17(27)10-8-15/h1-12H,13-14H2/b22-12+. The SMILES string of the molecule is O=C1S/C(=C/c2cccc(OCc3ccc(F)cc3)c2)C(=O)N1Cc1c(Cl)cccc1Cl. The highest BCUT2D eigenvalue weighted by atomic mass is 35.5. The lowest BCUT2D eigenvalue weighted by Crippen LogP contribution is -2.27. The number of carbonyl (C=O) groups excluding carboxylic acids is 2. The summed E-state index contributed by atoms with van der Waals surface area (Å²) < 4.78 is 18.8. The molecule has 3 aromatic rings. The lowest BCUT2D eigenvalue weighted by atomic mass is 10.2. The van der Waals surface area contributed by atoms with Crippen molar-refractivity contribution in [2.24, 2.45) is 0 Å². The Bertz CT molecular complexity index is 1190. The van der Waals surface area contributed by atoms with E-state index >= 15 is 0 Å². The molecule has 32 heavy (non-hydrogen) atoms. The summed E-state index contributed by atoms with van der Waals surface area (Å²) in [5.41, 5.74) is 2.06. The first-order valence-corrected chi connectivity index (χ1v) is 11.1. The molecule has 0 bridgehead atoms. The Balaban J connectivity index is 1.48. The molecule has 1 aliphatic heterocycles. The number of rotatable bonds is 6. The number of carbonyl (C=O) groups is 2. The first-order valence-electron chi connectivity index (χ1n) is 9.56. The molecule has 1 heterocycles. The van der Waals surface area contributed by atoms with Crippen LogP contribution in [0.15, 0.2) is 71.6 Å². The molecule has 162 valence electrons. The van der Waals surface area contributed by atoms with Crippen LogP contribution in [0.5, 0.6) is 5.75 Å². The van der Waals surface area contributed by atoms with Gasteiger partial charge in [0.05, 0.1) is 11.4 Å². The predicted octanol–water partition coefficient (Wildman–Crippen LogP) is 6.95. The number of halogens is 3. The van der Waals surface area contributed by atoms with Crippen molar-refractivity contribution >= 4 is 52.2 Å². The molecule has 2 amide bonds. The van der Waals surface area contributed by atoms with Crippen molar-refractivity contribution in [2.75, 3.05) is 0 Å². The molecule has 1 aliphatic rings. The number of hydrogen-bond donors (Lipinski definition) is 0. The molecule has 0 saturated carbocycles. The molecule has 0 spiro atoms. The third kappa shape index (κ3) is 5.15. The topological polar surface area (TPSA) is 46.6 Å². The molecular formula is C24H16Cl2FNO3S. The summed E-state index contributed by atoms with van der Waals surface area (Å²) in [7, 11) is 0. The maximum Gasteiger partial charge on any atom is 0.293 e. The van der Waals surface area contributed by atoms with E-state index in [-0.39, 0.29) is 24.2 Å². The van der Waals surface area contributed by atoms with Gasteiger partial charge in [0, 0.05) is 15.6 Å². The van der Waals surface area contributed by atoms with Gasteiger partial charge in [0.1, 0.15) is 18.2 Å². The molecule has 0 aromatic heterocycles. The number of nitrogens with zero attached hydrogens (tertiary/aromatic N) is 1. The Kier molecular flexibility index (Phi) is 6.84. The fourth-order valence-corrected chi connectivity index (χ4v) is 4.43. The molecule has 8 heteroatoms. The second-order valence-electron chi connectivity index (χ2n) is 6.96. The fourth-order valence-electron chi connectivity index (χ4n) is 3.07. The Labute approximate surface area is 198 Å². The van der Waals surface area contributed by atoms with Crippen LogP contribution in [0, 0.1) is 5.82 Å². The van der Waals surface area contributed by atoms with Gasteiger partial charge in [-0.25, -0.2) is 4.39 Å². The smallest absolute Gasteiger partial charge is 0.293 e. The number of hydrogen-bond acceptors (Lipinski definition) is 4. The molecular weight excluding hydrogens is 472 g/mol. The zero-order chi connectivity index (χ0) is 22.7. The van der Waals surface area contributed by atoms with E-state index in [1.807, 2.05) is 6.07 Å². The fraction of sp³-hybridized carbons (Fsp3) is 0.0833. The van der Waals surface area contributed by atoms with Crippen LogP contribution in [0.25, 0.3) is 6.08 Å². The first kappa shape index (κ1) is 22.4. The molecule has 3 aromatic carbocycles. The number of amides is 2. The van der Waals surface area contributed by atoms with Gasteiger partial charge in [-0.3, -0.25) is 14.5 Å². The number of imide groups is 1. The predicted molar refractivity (Wildman–Crippen MR) is 125 cm³/mol. The summed E-state index contributed by atoms with van der Waals surface area (Å²) in [6, 6.07) is 18.2. The summed E-state index contributed by atoms with van der Waals surface area (Å²) in [5.74, 6) is -0.125. The van der Waals surface area contributed by atoms with Crippen LogP contribution in [0.4, 0.5) is 9.18 Å². The van der Waals surface area contributed by atoms with Gasteiger partial charge in [-0.2, -0.15) is 0 Å². The molecule has 0 aliphatic carbocycles. The quantitative estimate of drug-likeness (QED) is 0.353. The van der Waals surface area contributed by atoms with Gasteiger partial charge >= 0.3 is 0 Å². The van der Waals surface area contributed by atoms with Gasteiger partial charge in [0.25, 0.3) is 11.1 Å². The van der Waals surface area contributed by atoms with Gasteiger partial charge in [0.2, 0.25) is 0 Å². The van der Waals surface area contributed by atoms with Crippen LogP contribution in [0.2, 0.25) is 10.0 Å². The average molecular weight is 488 g/mol. The van der Waals surface area contributed by atoms with Crippen molar-refractivity contribution in [3.05, 3.63) is 104 Å². The van der Waals surface area contributed by atoms with Gasteiger partial charge in [-0.05, 0) is 65.4 Å². The average Bonchev–Trinajstić information content (AvgIpc) is 3.03. The van der Waals surface area contributed by atoms with Crippen molar-refractivity contribution in [1.82, 2.24) is 4.90 Å². The normalized spacial score (nSPS) is 15.0. The maximum atomic E-state index is 13.0. The van der Waals surface area contributed by atoms with E-state index < -0.39 is 5.91 Å². The summed E-state index contributed by atoms with van der Waals surface area (Å²) in [6.07, 6.45) is 1.64. The minimum atomic E-state index is -0.409. The summed E-state index contributed by atoms with van der Waals surface area (Å²) >= 11 is 13.2. The van der Waals surface area contributed by atoms with Gasteiger partial charge < -0.3 is 4.74 Å². The molecule has 0 unspecified atom stereocenters. The highest BCUT2D eigenvalue weighted by molar-refractivity contribution is 8.18. The largest absolute Gasteiger partial charge is 0.489 e. The highest BCUT2D eigenvalue weighted by Crippen LogP contribution is 2.36. The van der Waals surface area contributed by atoms with E-state index in [9.17, 15) is 14.0 Å². The van der Waals surface area contributed by atoms with Crippen molar-refractivity contribution in [1.29, 1.82) is 0 Å². The molecule has 1 saturated heterocycles. The third-order valence-corrected chi connectivity index (χ3v) is 6.34. The number of ether oxygens (including phenoxy) is 1. The second-order valence-corrected chi connectivity index (χ2v) is 8.76. The van der Waals surface area contributed by atoms with E-state index in [0.29, 0.717) is 31.8 Å². The second kappa shape index (κ2) is 9.77. The lowest BCUT2D eigenvalue weighted by molar-refractivity contribution is -0.123. The van der Waals surface area contributed by atoms with E-state index in [1.165, 1.54) is 12.1 Å². The van der Waals surface area contributed by atoms with Crippen molar-refractivity contribution < 1.29 is 18.7 Å². The Morgan fingerprint density at radius 1 is 0.969 bits per heavy atom. The molecule has 4 rings (SSSR count). The lowest BCUT2D eigenvalue weighted by Gasteiger charge is -2.14. The maximum absolute atomic E-state index is 13.0. The number of benzene rings is 3. The Morgan fingerprint density at radius 3 is 2.38 bits per heavy atom. The molecule has 1 fully saturated rings. The zero-order valence-corrected chi connectivity index (χ0v) is 18.9. The van der Waals surface area contributed by atoms with E-state index in [1.54, 1.807) is 54.6 Å². The van der Waals surface area contributed by atoms with Crippen LogP contribution in [0.3, 0.4) is 0 Å². The number of thioether (sulfide) groups is 1. The van der Waals surface area contributed by atoms with Crippen LogP contribution in [-0.4, -0.2) is 16.0 Å². The minimum Gasteiger partial charge on any atom is -0.489 e. The van der Waals surface area contributed by atoms with Crippen molar-refractivity contribution in [3.63, 3.8) is 0 Å². The monoisotopic (exact) mass is 487 g/mol. The molecule has 4 nitrogen and oxygen atoms in total. The summed E-state index contributed by atoms with van der Waals surface area (Å²) in [5, 5.41) is 0.402. The van der Waals surface area contributed by atoms with Crippen LogP contribution >= 0.6 is 35.0 Å². The van der Waals surface area contributed by atoms with Gasteiger partial charge in [-0.1, -0.05) is 53.5 Å². The van der Waals surface area contributed by atoms with Crippen LogP contribution < -0.4 is 4.74 Å². The van der Waals surface area contributed by atoms with Crippen molar-refractivity contribution in [2.45, 2.75) is 13.2 Å². The first-order chi connectivity index (χ1) is 15.4. The van der Waals surface area contributed by atoms with Crippen LogP contribution in [0.1, 0.15) is 16.7 Å².